The van der Waals surface area contributed by atoms with E-state index in [4.69, 9.17) is 23.2 Å². The topological polar surface area (TPSA) is 58.2 Å². The fourth-order valence-electron chi connectivity index (χ4n) is 2.09. The lowest BCUT2D eigenvalue weighted by atomic mass is 10.1. The summed E-state index contributed by atoms with van der Waals surface area (Å²) in [6.07, 6.45) is 0.591. The first-order valence-corrected chi connectivity index (χ1v) is 8.27. The highest BCUT2D eigenvalue weighted by Gasteiger charge is 2.08. The molecule has 0 spiro atoms. The lowest BCUT2D eigenvalue weighted by molar-refractivity contribution is -0.120. The molecule has 2 aromatic rings. The lowest BCUT2D eigenvalue weighted by Gasteiger charge is -2.08. The van der Waals surface area contributed by atoms with Gasteiger partial charge in [0.1, 0.15) is 0 Å². The number of halogens is 2. The summed E-state index contributed by atoms with van der Waals surface area (Å²) < 4.78 is 0. The molecule has 0 saturated heterocycles. The highest BCUT2D eigenvalue weighted by atomic mass is 35.5. The van der Waals surface area contributed by atoms with Crippen molar-refractivity contribution >= 4 is 35.0 Å². The third kappa shape index (κ3) is 5.55. The second-order valence-corrected chi connectivity index (χ2v) is 6.23. The van der Waals surface area contributed by atoms with Crippen LogP contribution in [0.25, 0.3) is 0 Å². The van der Waals surface area contributed by atoms with Crippen molar-refractivity contribution in [1.29, 1.82) is 0 Å². The minimum atomic E-state index is -0.272. The van der Waals surface area contributed by atoms with Crippen molar-refractivity contribution in [3.05, 3.63) is 69.2 Å². The quantitative estimate of drug-likeness (QED) is 0.825. The normalized spacial score (nSPS) is 10.3. The molecule has 0 saturated carbocycles. The van der Waals surface area contributed by atoms with Gasteiger partial charge in [-0.3, -0.25) is 9.59 Å². The van der Waals surface area contributed by atoms with E-state index in [-0.39, 0.29) is 18.4 Å². The lowest BCUT2D eigenvalue weighted by Crippen LogP contribution is -2.37. The molecule has 0 radical (unpaired) electrons. The second-order valence-electron chi connectivity index (χ2n) is 5.38. The zero-order valence-corrected chi connectivity index (χ0v) is 14.7. The minimum Gasteiger partial charge on any atom is -0.354 e. The van der Waals surface area contributed by atoms with E-state index in [1.165, 1.54) is 0 Å². The summed E-state index contributed by atoms with van der Waals surface area (Å²) in [5.41, 5.74) is 2.51. The van der Waals surface area contributed by atoms with Gasteiger partial charge >= 0.3 is 0 Å². The summed E-state index contributed by atoms with van der Waals surface area (Å²) in [6, 6.07) is 12.4. The number of amides is 2. The number of benzene rings is 2. The Morgan fingerprint density at radius 1 is 1.00 bits per heavy atom. The van der Waals surface area contributed by atoms with Crippen LogP contribution in [-0.4, -0.2) is 24.9 Å². The molecule has 0 unspecified atom stereocenters. The average molecular weight is 365 g/mol. The van der Waals surface area contributed by atoms with Crippen molar-refractivity contribution in [2.75, 3.05) is 13.1 Å². The maximum Gasteiger partial charge on any atom is 0.251 e. The first-order valence-electron chi connectivity index (χ1n) is 7.51. The molecule has 0 aromatic heterocycles. The van der Waals surface area contributed by atoms with E-state index in [0.29, 0.717) is 28.6 Å². The molecular weight excluding hydrogens is 347 g/mol. The molecule has 0 aliphatic rings. The number of nitrogens with one attached hydrogen (secondary N) is 2. The van der Waals surface area contributed by atoms with Gasteiger partial charge in [-0.25, -0.2) is 0 Å². The van der Waals surface area contributed by atoms with Crippen LogP contribution in [0, 0.1) is 6.92 Å². The van der Waals surface area contributed by atoms with Gasteiger partial charge in [-0.1, -0.05) is 47.0 Å². The molecule has 0 fully saturated rings. The molecule has 126 valence electrons. The third-order valence-electron chi connectivity index (χ3n) is 3.45. The SMILES string of the molecule is Cc1ccc(C(=O)NCC(=O)NCCc2ccc(Cl)cc2Cl)cc1. The summed E-state index contributed by atoms with van der Waals surface area (Å²) in [6.45, 7) is 2.31. The predicted octanol–water partition coefficient (Wildman–Crippen LogP) is 3.39. The van der Waals surface area contributed by atoms with Gasteiger partial charge in [0.05, 0.1) is 6.54 Å². The Labute approximate surface area is 151 Å². The molecule has 24 heavy (non-hydrogen) atoms. The van der Waals surface area contributed by atoms with Gasteiger partial charge < -0.3 is 10.6 Å². The Hall–Kier alpha value is -2.04. The molecule has 2 rings (SSSR count). The van der Waals surface area contributed by atoms with Crippen LogP contribution in [0.4, 0.5) is 0 Å². The van der Waals surface area contributed by atoms with E-state index in [9.17, 15) is 9.59 Å². The van der Waals surface area contributed by atoms with Crippen LogP contribution < -0.4 is 10.6 Å². The molecule has 0 aliphatic carbocycles. The Morgan fingerprint density at radius 3 is 2.38 bits per heavy atom. The monoisotopic (exact) mass is 364 g/mol. The Bertz CT molecular complexity index is 730. The van der Waals surface area contributed by atoms with E-state index in [2.05, 4.69) is 10.6 Å². The van der Waals surface area contributed by atoms with Gasteiger partial charge in [0.15, 0.2) is 0 Å². The summed E-state index contributed by atoms with van der Waals surface area (Å²) in [7, 11) is 0. The Balaban J connectivity index is 1.73. The number of carbonyl (C=O) groups excluding carboxylic acids is 2. The summed E-state index contributed by atoms with van der Waals surface area (Å²) >= 11 is 11.9. The van der Waals surface area contributed by atoms with E-state index in [1.54, 1.807) is 24.3 Å². The van der Waals surface area contributed by atoms with Crippen LogP contribution in [0.2, 0.25) is 10.0 Å². The highest BCUT2D eigenvalue weighted by Crippen LogP contribution is 2.20. The number of hydrogen-bond acceptors (Lipinski definition) is 2. The Kier molecular flexibility index (Phi) is 6.64. The summed E-state index contributed by atoms with van der Waals surface area (Å²) in [5.74, 6) is -0.522. The van der Waals surface area contributed by atoms with Crippen molar-refractivity contribution in [2.45, 2.75) is 13.3 Å². The van der Waals surface area contributed by atoms with Crippen LogP contribution in [-0.2, 0) is 11.2 Å². The second kappa shape index (κ2) is 8.71. The maximum absolute atomic E-state index is 11.9. The molecule has 0 heterocycles. The first-order chi connectivity index (χ1) is 11.5. The van der Waals surface area contributed by atoms with Crippen LogP contribution in [0.5, 0.6) is 0 Å². The number of rotatable bonds is 6. The van der Waals surface area contributed by atoms with Gasteiger partial charge in [-0.05, 0) is 43.2 Å². The van der Waals surface area contributed by atoms with Gasteiger partial charge in [0.2, 0.25) is 5.91 Å². The summed E-state index contributed by atoms with van der Waals surface area (Å²) in [5, 5.41) is 6.48. The molecule has 4 nitrogen and oxygen atoms in total. The molecule has 2 amide bonds. The number of aryl methyl sites for hydroxylation is 1. The molecule has 2 N–H and O–H groups in total. The molecule has 0 aliphatic heterocycles. The molecule has 0 atom stereocenters. The average Bonchev–Trinajstić information content (AvgIpc) is 2.55. The maximum atomic E-state index is 11.9. The predicted molar refractivity (Wildman–Crippen MR) is 96.7 cm³/mol. The van der Waals surface area contributed by atoms with Crippen LogP contribution in [0.3, 0.4) is 0 Å². The van der Waals surface area contributed by atoms with Crippen LogP contribution >= 0.6 is 23.2 Å². The van der Waals surface area contributed by atoms with Crippen LogP contribution in [0.1, 0.15) is 21.5 Å². The Morgan fingerprint density at radius 2 is 1.71 bits per heavy atom. The molecule has 6 heteroatoms. The third-order valence-corrected chi connectivity index (χ3v) is 4.04. The minimum absolute atomic E-state index is 0.0684. The van der Waals surface area contributed by atoms with E-state index in [1.807, 2.05) is 25.1 Å². The zero-order valence-electron chi connectivity index (χ0n) is 13.2. The van der Waals surface area contributed by atoms with Crippen molar-refractivity contribution < 1.29 is 9.59 Å². The zero-order chi connectivity index (χ0) is 17.5. The summed E-state index contributed by atoms with van der Waals surface area (Å²) in [4.78, 5) is 23.7. The number of carbonyl (C=O) groups is 2. The van der Waals surface area contributed by atoms with Gasteiger partial charge in [0, 0.05) is 22.2 Å². The van der Waals surface area contributed by atoms with Crippen molar-refractivity contribution in [3.63, 3.8) is 0 Å². The van der Waals surface area contributed by atoms with Crippen molar-refractivity contribution in [3.8, 4) is 0 Å². The van der Waals surface area contributed by atoms with Crippen LogP contribution in [0.15, 0.2) is 42.5 Å². The first kappa shape index (κ1) is 18.3. The van der Waals surface area contributed by atoms with E-state index < -0.39 is 0 Å². The van der Waals surface area contributed by atoms with Gasteiger partial charge in [-0.15, -0.1) is 0 Å². The molecule has 2 aromatic carbocycles. The fourth-order valence-corrected chi connectivity index (χ4v) is 2.59. The van der Waals surface area contributed by atoms with Gasteiger partial charge in [0.25, 0.3) is 5.91 Å². The largest absolute Gasteiger partial charge is 0.354 e. The van der Waals surface area contributed by atoms with E-state index >= 15 is 0 Å². The smallest absolute Gasteiger partial charge is 0.251 e. The molecular formula is C18H18Cl2N2O2. The standard InChI is InChI=1S/C18H18Cl2N2O2/c1-12-2-4-14(5-3-12)18(24)22-11-17(23)21-9-8-13-6-7-15(19)10-16(13)20/h2-7,10H,8-9,11H2,1H3,(H,21,23)(H,22,24). The number of hydrogen-bond donors (Lipinski definition) is 2. The fraction of sp³-hybridized carbons (Fsp3) is 0.222. The van der Waals surface area contributed by atoms with E-state index in [0.717, 1.165) is 11.1 Å². The van der Waals surface area contributed by atoms with Crippen molar-refractivity contribution in [2.24, 2.45) is 0 Å². The van der Waals surface area contributed by atoms with Crippen molar-refractivity contribution in [1.82, 2.24) is 10.6 Å². The molecule has 0 bridgehead atoms. The van der Waals surface area contributed by atoms with Gasteiger partial charge in [-0.2, -0.15) is 0 Å². The highest BCUT2D eigenvalue weighted by molar-refractivity contribution is 6.35.